The molecule has 0 aromatic heterocycles. The van der Waals surface area contributed by atoms with Gasteiger partial charge in [0.1, 0.15) is 0 Å². The Balaban J connectivity index is 2.15. The average molecular weight is 264 g/mol. The fraction of sp³-hybridized carbons (Fsp3) is 0.308. The minimum absolute atomic E-state index is 0.228. The molecule has 0 spiro atoms. The van der Waals surface area contributed by atoms with Gasteiger partial charge in [0, 0.05) is 0 Å². The Hall–Kier alpha value is -1.62. The normalized spacial score (nSPS) is 18.5. The van der Waals surface area contributed by atoms with Crippen LogP contribution in [0.4, 0.5) is 0 Å². The second-order valence-corrected chi connectivity index (χ2v) is 6.02. The van der Waals surface area contributed by atoms with Gasteiger partial charge in [0.25, 0.3) is 10.0 Å². The van der Waals surface area contributed by atoms with Crippen LogP contribution in [0, 0.1) is 0 Å². The summed E-state index contributed by atoms with van der Waals surface area (Å²) in [7, 11) is -3.54. The number of hydrogen-bond donors (Lipinski definition) is 1. The first-order valence-electron chi connectivity index (χ1n) is 5.88. The fourth-order valence-corrected chi connectivity index (χ4v) is 2.69. The van der Waals surface area contributed by atoms with Gasteiger partial charge in [-0.3, -0.25) is 0 Å². The first kappa shape index (κ1) is 12.8. The standard InChI is InChI=1S/C13H16N2O2S/c1-11-6-5-7-12(10-11)14-15-18(16,17)13-8-3-2-4-9-13/h2-4,8-10,15H,5-7H2,1H3/b14-12-. The molecule has 0 atom stereocenters. The highest BCUT2D eigenvalue weighted by Gasteiger charge is 2.12. The quantitative estimate of drug-likeness (QED) is 0.852. The Morgan fingerprint density at radius 2 is 1.89 bits per heavy atom. The van der Waals surface area contributed by atoms with E-state index in [1.54, 1.807) is 30.3 Å². The van der Waals surface area contributed by atoms with Crippen LogP contribution < -0.4 is 4.83 Å². The summed E-state index contributed by atoms with van der Waals surface area (Å²) in [5.41, 5.74) is 2.03. The van der Waals surface area contributed by atoms with Crippen LogP contribution in [0.2, 0.25) is 0 Å². The molecule has 1 aromatic carbocycles. The minimum atomic E-state index is -3.54. The van der Waals surface area contributed by atoms with E-state index in [0.29, 0.717) is 0 Å². The molecule has 4 nitrogen and oxygen atoms in total. The molecule has 0 unspecified atom stereocenters. The van der Waals surface area contributed by atoms with Gasteiger partial charge in [-0.15, -0.1) is 0 Å². The molecule has 0 fully saturated rings. The molecule has 1 aliphatic rings. The number of rotatable bonds is 3. The Labute approximate surface area is 107 Å². The van der Waals surface area contributed by atoms with Gasteiger partial charge in [-0.05, 0) is 44.4 Å². The third kappa shape index (κ3) is 3.20. The Kier molecular flexibility index (Phi) is 3.81. The maximum absolute atomic E-state index is 11.9. The SMILES string of the molecule is CC1=C/C(=N\NS(=O)(=O)c2ccccc2)CCC1. The summed E-state index contributed by atoms with van der Waals surface area (Å²) in [5, 5.41) is 3.98. The van der Waals surface area contributed by atoms with Crippen molar-refractivity contribution >= 4 is 15.7 Å². The lowest BCUT2D eigenvalue weighted by molar-refractivity contribution is 0.584. The van der Waals surface area contributed by atoms with Crippen LogP contribution in [0.15, 0.2) is 52.0 Å². The van der Waals surface area contributed by atoms with Crippen molar-refractivity contribution < 1.29 is 8.42 Å². The number of benzene rings is 1. The van der Waals surface area contributed by atoms with Crippen molar-refractivity contribution in [1.29, 1.82) is 0 Å². The highest BCUT2D eigenvalue weighted by molar-refractivity contribution is 7.89. The molecule has 1 N–H and O–H groups in total. The second-order valence-electron chi connectivity index (χ2n) is 4.36. The van der Waals surface area contributed by atoms with Crippen LogP contribution in [-0.2, 0) is 10.0 Å². The van der Waals surface area contributed by atoms with Gasteiger partial charge in [-0.2, -0.15) is 18.4 Å². The summed E-state index contributed by atoms with van der Waals surface area (Å²) >= 11 is 0. The first-order chi connectivity index (χ1) is 8.58. The smallest absolute Gasteiger partial charge is 0.200 e. The number of hydrogen-bond acceptors (Lipinski definition) is 3. The predicted molar refractivity (Wildman–Crippen MR) is 71.8 cm³/mol. The zero-order valence-electron chi connectivity index (χ0n) is 10.3. The van der Waals surface area contributed by atoms with Crippen LogP contribution in [0.1, 0.15) is 26.2 Å². The third-order valence-electron chi connectivity index (χ3n) is 2.78. The van der Waals surface area contributed by atoms with Gasteiger partial charge in [0.05, 0.1) is 10.6 Å². The van der Waals surface area contributed by atoms with E-state index in [9.17, 15) is 8.42 Å². The van der Waals surface area contributed by atoms with Crippen molar-refractivity contribution in [2.24, 2.45) is 5.10 Å². The van der Waals surface area contributed by atoms with Crippen molar-refractivity contribution in [2.75, 3.05) is 0 Å². The van der Waals surface area contributed by atoms with E-state index in [0.717, 1.165) is 25.0 Å². The maximum atomic E-state index is 11.9. The molecule has 1 aromatic rings. The summed E-state index contributed by atoms with van der Waals surface area (Å²) < 4.78 is 23.8. The molecule has 2 rings (SSSR count). The zero-order chi connectivity index (χ0) is 13.0. The largest absolute Gasteiger partial charge is 0.276 e. The molecule has 0 heterocycles. The summed E-state index contributed by atoms with van der Waals surface area (Å²) in [6, 6.07) is 8.24. The molecule has 1 aliphatic carbocycles. The van der Waals surface area contributed by atoms with E-state index in [2.05, 4.69) is 9.93 Å². The molecule has 5 heteroatoms. The van der Waals surface area contributed by atoms with Crippen LogP contribution in [-0.4, -0.2) is 14.1 Å². The molecule has 0 radical (unpaired) electrons. The van der Waals surface area contributed by atoms with Crippen LogP contribution in [0.25, 0.3) is 0 Å². The van der Waals surface area contributed by atoms with E-state index in [-0.39, 0.29) is 4.90 Å². The molecule has 0 saturated heterocycles. The lowest BCUT2D eigenvalue weighted by atomic mass is 10.00. The zero-order valence-corrected chi connectivity index (χ0v) is 11.1. The molecule has 0 bridgehead atoms. The van der Waals surface area contributed by atoms with E-state index >= 15 is 0 Å². The van der Waals surface area contributed by atoms with Crippen LogP contribution in [0.5, 0.6) is 0 Å². The van der Waals surface area contributed by atoms with Crippen molar-refractivity contribution in [2.45, 2.75) is 31.1 Å². The average Bonchev–Trinajstić information content (AvgIpc) is 2.38. The van der Waals surface area contributed by atoms with Gasteiger partial charge >= 0.3 is 0 Å². The van der Waals surface area contributed by atoms with E-state index < -0.39 is 10.0 Å². The number of sulfonamides is 1. The maximum Gasteiger partial charge on any atom is 0.276 e. The van der Waals surface area contributed by atoms with Gasteiger partial charge in [-0.25, -0.2) is 0 Å². The molecule has 0 aliphatic heterocycles. The Bertz CT molecular complexity index is 574. The fourth-order valence-electron chi connectivity index (χ4n) is 1.84. The van der Waals surface area contributed by atoms with E-state index in [1.807, 2.05) is 13.0 Å². The molecule has 0 saturated carbocycles. The van der Waals surface area contributed by atoms with Crippen molar-refractivity contribution in [3.63, 3.8) is 0 Å². The Morgan fingerprint density at radius 1 is 1.17 bits per heavy atom. The van der Waals surface area contributed by atoms with Crippen molar-refractivity contribution in [1.82, 2.24) is 4.83 Å². The number of nitrogens with zero attached hydrogens (tertiary/aromatic N) is 1. The van der Waals surface area contributed by atoms with Crippen LogP contribution >= 0.6 is 0 Å². The first-order valence-corrected chi connectivity index (χ1v) is 7.37. The highest BCUT2D eigenvalue weighted by Crippen LogP contribution is 2.15. The number of nitrogens with one attached hydrogen (secondary N) is 1. The number of allylic oxidation sites excluding steroid dienone is 2. The summed E-state index contributed by atoms with van der Waals surface area (Å²) in [6.45, 7) is 2.03. The topological polar surface area (TPSA) is 58.5 Å². The number of hydrazone groups is 1. The van der Waals surface area contributed by atoms with Gasteiger partial charge in [0.15, 0.2) is 0 Å². The highest BCUT2D eigenvalue weighted by atomic mass is 32.2. The summed E-state index contributed by atoms with van der Waals surface area (Å²) in [4.78, 5) is 2.51. The van der Waals surface area contributed by atoms with Gasteiger partial charge in [-0.1, -0.05) is 23.8 Å². The summed E-state index contributed by atoms with van der Waals surface area (Å²) in [6.07, 6.45) is 4.84. The monoisotopic (exact) mass is 264 g/mol. The third-order valence-corrected chi connectivity index (χ3v) is 4.00. The molecule has 18 heavy (non-hydrogen) atoms. The minimum Gasteiger partial charge on any atom is -0.200 e. The van der Waals surface area contributed by atoms with E-state index in [1.165, 1.54) is 5.57 Å². The second kappa shape index (κ2) is 5.35. The molecular weight excluding hydrogens is 248 g/mol. The Morgan fingerprint density at radius 3 is 2.56 bits per heavy atom. The van der Waals surface area contributed by atoms with Crippen LogP contribution in [0.3, 0.4) is 0 Å². The molecule has 96 valence electrons. The predicted octanol–water partition coefficient (Wildman–Crippen LogP) is 2.45. The molecular formula is C13H16N2O2S. The lowest BCUT2D eigenvalue weighted by Crippen LogP contribution is -2.20. The van der Waals surface area contributed by atoms with Crippen molar-refractivity contribution in [3.05, 3.63) is 42.0 Å². The molecule has 0 amide bonds. The van der Waals surface area contributed by atoms with Gasteiger partial charge in [0.2, 0.25) is 0 Å². The summed E-state index contributed by atoms with van der Waals surface area (Å²) in [5.74, 6) is 0. The van der Waals surface area contributed by atoms with Crippen molar-refractivity contribution in [3.8, 4) is 0 Å². The van der Waals surface area contributed by atoms with Gasteiger partial charge < -0.3 is 0 Å². The lowest BCUT2D eigenvalue weighted by Gasteiger charge is -2.11. The van der Waals surface area contributed by atoms with E-state index in [4.69, 9.17) is 0 Å².